The Balaban J connectivity index is 2.73. The Labute approximate surface area is 85.0 Å². The van der Waals surface area contributed by atoms with Gasteiger partial charge in [-0.25, -0.2) is 4.79 Å². The summed E-state index contributed by atoms with van der Waals surface area (Å²) in [6.07, 6.45) is 6.36. The highest BCUT2D eigenvalue weighted by Gasteiger charge is 1.94. The van der Waals surface area contributed by atoms with Crippen molar-refractivity contribution in [3.8, 4) is 0 Å². The van der Waals surface area contributed by atoms with E-state index in [9.17, 15) is 9.59 Å². The van der Waals surface area contributed by atoms with Gasteiger partial charge in [0.1, 0.15) is 6.29 Å². The van der Waals surface area contributed by atoms with Crippen LogP contribution in [0.2, 0.25) is 0 Å². The van der Waals surface area contributed by atoms with E-state index in [0.29, 0.717) is 6.29 Å². The zero-order chi connectivity index (χ0) is 10.4. The van der Waals surface area contributed by atoms with Crippen molar-refractivity contribution >= 4 is 35.7 Å². The van der Waals surface area contributed by atoms with Crippen LogP contribution in [0.3, 0.4) is 0 Å². The number of aldehydes is 1. The molecule has 0 saturated carbocycles. The van der Waals surface area contributed by atoms with Crippen LogP contribution in [0.15, 0.2) is 23.6 Å². The lowest BCUT2D eigenvalue weighted by Crippen LogP contribution is -1.84. The third kappa shape index (κ3) is 3.37. The molecule has 1 heterocycles. The first kappa shape index (κ1) is 10.4. The van der Waals surface area contributed by atoms with Crippen LogP contribution in [-0.4, -0.2) is 17.4 Å². The van der Waals surface area contributed by atoms with Gasteiger partial charge in [0.05, 0.1) is 0 Å². The van der Waals surface area contributed by atoms with Crippen molar-refractivity contribution < 1.29 is 14.7 Å². The van der Waals surface area contributed by atoms with Gasteiger partial charge in [0.15, 0.2) is 0 Å². The molecule has 0 aliphatic carbocycles. The molecular formula is C10H8O3S. The minimum Gasteiger partial charge on any atom is -0.478 e. The molecule has 1 aromatic rings. The Bertz CT molecular complexity index is 388. The summed E-state index contributed by atoms with van der Waals surface area (Å²) in [7, 11) is 0. The molecule has 0 atom stereocenters. The fraction of sp³-hybridized carbons (Fsp3) is 0. The number of carbonyl (C=O) groups excluding carboxylic acids is 1. The monoisotopic (exact) mass is 208 g/mol. The molecule has 1 N–H and O–H groups in total. The van der Waals surface area contributed by atoms with E-state index >= 15 is 0 Å². The molecular weight excluding hydrogens is 200 g/mol. The molecule has 72 valence electrons. The Morgan fingerprint density at radius 3 is 2.86 bits per heavy atom. The quantitative estimate of drug-likeness (QED) is 0.608. The molecule has 0 unspecified atom stereocenters. The van der Waals surface area contributed by atoms with Gasteiger partial charge in [-0.3, -0.25) is 4.79 Å². The highest BCUT2D eigenvalue weighted by molar-refractivity contribution is 7.11. The van der Waals surface area contributed by atoms with Gasteiger partial charge in [-0.05, 0) is 29.2 Å². The maximum Gasteiger partial charge on any atom is 0.328 e. The van der Waals surface area contributed by atoms with Gasteiger partial charge in [0.25, 0.3) is 0 Å². The van der Waals surface area contributed by atoms with Gasteiger partial charge in [-0.15, -0.1) is 11.3 Å². The number of hydrogen-bond donors (Lipinski definition) is 1. The largest absolute Gasteiger partial charge is 0.478 e. The number of hydrogen-bond acceptors (Lipinski definition) is 3. The Hall–Kier alpha value is -1.68. The molecule has 0 bridgehead atoms. The minimum absolute atomic E-state index is 0.699. The van der Waals surface area contributed by atoms with E-state index < -0.39 is 5.97 Å². The van der Waals surface area contributed by atoms with E-state index in [-0.39, 0.29) is 0 Å². The molecule has 1 rings (SSSR count). The topological polar surface area (TPSA) is 54.4 Å². The first-order chi connectivity index (χ1) is 6.72. The second kappa shape index (κ2) is 5.14. The smallest absolute Gasteiger partial charge is 0.328 e. The second-order valence-electron chi connectivity index (χ2n) is 2.45. The highest BCUT2D eigenvalue weighted by Crippen LogP contribution is 2.17. The van der Waals surface area contributed by atoms with Crippen LogP contribution in [0.5, 0.6) is 0 Å². The summed E-state index contributed by atoms with van der Waals surface area (Å²) in [5.74, 6) is -0.969. The van der Waals surface area contributed by atoms with Crippen molar-refractivity contribution in [3.63, 3.8) is 0 Å². The first-order valence-electron chi connectivity index (χ1n) is 3.84. The first-order valence-corrected chi connectivity index (χ1v) is 4.71. The zero-order valence-electron chi connectivity index (χ0n) is 7.21. The van der Waals surface area contributed by atoms with E-state index in [1.54, 1.807) is 6.08 Å². The summed E-state index contributed by atoms with van der Waals surface area (Å²) in [5.41, 5.74) is 0.895. The van der Waals surface area contributed by atoms with Crippen molar-refractivity contribution in [3.05, 3.63) is 34.0 Å². The molecule has 0 spiro atoms. The molecule has 1 aromatic heterocycles. The molecule has 0 radical (unpaired) electrons. The molecule has 0 fully saturated rings. The molecule has 0 saturated heterocycles. The SMILES string of the molecule is O=CC=Cc1csc(/C=C/C(=O)O)c1. The number of carboxylic acids is 1. The molecule has 0 aliphatic rings. The van der Waals surface area contributed by atoms with Gasteiger partial charge < -0.3 is 5.11 Å². The summed E-state index contributed by atoms with van der Waals surface area (Å²) >= 11 is 1.42. The maximum atomic E-state index is 10.2. The Kier molecular flexibility index (Phi) is 3.82. The lowest BCUT2D eigenvalue weighted by atomic mass is 10.3. The van der Waals surface area contributed by atoms with Crippen LogP contribution in [0.1, 0.15) is 10.4 Å². The average Bonchev–Trinajstić information content (AvgIpc) is 2.59. The summed E-state index contributed by atoms with van der Waals surface area (Å²) in [4.78, 5) is 21.1. The summed E-state index contributed by atoms with van der Waals surface area (Å²) in [6, 6.07) is 1.81. The number of rotatable bonds is 4. The van der Waals surface area contributed by atoms with Crippen molar-refractivity contribution in [2.24, 2.45) is 0 Å². The Morgan fingerprint density at radius 1 is 1.43 bits per heavy atom. The average molecular weight is 208 g/mol. The fourth-order valence-corrected chi connectivity index (χ4v) is 1.62. The third-order valence-electron chi connectivity index (χ3n) is 1.40. The normalized spacial score (nSPS) is 11.1. The predicted octanol–water partition coefficient (Wildman–Crippen LogP) is 2.06. The molecule has 4 heteroatoms. The van der Waals surface area contributed by atoms with Crippen molar-refractivity contribution in [2.45, 2.75) is 0 Å². The number of carbonyl (C=O) groups is 2. The van der Waals surface area contributed by atoms with Crippen LogP contribution < -0.4 is 0 Å². The molecule has 0 aromatic carbocycles. The number of aliphatic carboxylic acids is 1. The van der Waals surface area contributed by atoms with Crippen LogP contribution in [-0.2, 0) is 9.59 Å². The number of allylic oxidation sites excluding steroid dienone is 1. The van der Waals surface area contributed by atoms with Crippen molar-refractivity contribution in [2.75, 3.05) is 0 Å². The third-order valence-corrected chi connectivity index (χ3v) is 2.31. The number of thiophene rings is 1. The summed E-state index contributed by atoms with van der Waals surface area (Å²) < 4.78 is 0. The van der Waals surface area contributed by atoms with Crippen LogP contribution in [0.25, 0.3) is 12.2 Å². The lowest BCUT2D eigenvalue weighted by Gasteiger charge is -1.80. The van der Waals surface area contributed by atoms with Crippen LogP contribution in [0, 0.1) is 0 Å². The Morgan fingerprint density at radius 2 is 2.21 bits per heavy atom. The standard InChI is InChI=1S/C10H8O3S/c11-5-1-2-8-6-9(14-7-8)3-4-10(12)13/h1-7H,(H,12,13)/b2-1?,4-3+. The molecule has 14 heavy (non-hydrogen) atoms. The lowest BCUT2D eigenvalue weighted by molar-refractivity contribution is -0.131. The fourth-order valence-electron chi connectivity index (χ4n) is 0.847. The molecule has 0 amide bonds. The predicted molar refractivity (Wildman–Crippen MR) is 56.1 cm³/mol. The van der Waals surface area contributed by atoms with Gasteiger partial charge >= 0.3 is 5.97 Å². The van der Waals surface area contributed by atoms with Crippen LogP contribution >= 0.6 is 11.3 Å². The maximum absolute atomic E-state index is 10.2. The summed E-state index contributed by atoms with van der Waals surface area (Å²) in [6.45, 7) is 0. The summed E-state index contributed by atoms with van der Waals surface area (Å²) in [5, 5.41) is 10.2. The van der Waals surface area contributed by atoms with Gasteiger partial charge in [0.2, 0.25) is 0 Å². The number of carboxylic acid groups (broad SMARTS) is 1. The van der Waals surface area contributed by atoms with Crippen molar-refractivity contribution in [1.82, 2.24) is 0 Å². The van der Waals surface area contributed by atoms with E-state index in [0.717, 1.165) is 16.5 Å². The van der Waals surface area contributed by atoms with Gasteiger partial charge in [0, 0.05) is 11.0 Å². The van der Waals surface area contributed by atoms with Gasteiger partial charge in [-0.1, -0.05) is 6.08 Å². The molecule has 3 nitrogen and oxygen atoms in total. The van der Waals surface area contributed by atoms with Crippen LogP contribution in [0.4, 0.5) is 0 Å². The van der Waals surface area contributed by atoms with Crippen molar-refractivity contribution in [1.29, 1.82) is 0 Å². The van der Waals surface area contributed by atoms with E-state index in [1.165, 1.54) is 23.5 Å². The second-order valence-corrected chi connectivity index (χ2v) is 3.39. The van der Waals surface area contributed by atoms with Gasteiger partial charge in [-0.2, -0.15) is 0 Å². The van der Waals surface area contributed by atoms with E-state index in [1.807, 2.05) is 11.4 Å². The zero-order valence-corrected chi connectivity index (χ0v) is 8.03. The highest BCUT2D eigenvalue weighted by atomic mass is 32.1. The molecule has 0 aliphatic heterocycles. The minimum atomic E-state index is -0.969. The van der Waals surface area contributed by atoms with E-state index in [2.05, 4.69) is 0 Å². The van der Waals surface area contributed by atoms with E-state index in [4.69, 9.17) is 5.11 Å².